The van der Waals surface area contributed by atoms with Gasteiger partial charge < -0.3 is 10.7 Å². The third-order valence-electron chi connectivity index (χ3n) is 2.90. The van der Waals surface area contributed by atoms with Crippen LogP contribution in [0.2, 0.25) is 0 Å². The molecule has 0 saturated heterocycles. The second kappa shape index (κ2) is 4.19. The van der Waals surface area contributed by atoms with Crippen LogP contribution in [0.15, 0.2) is 30.6 Å². The van der Waals surface area contributed by atoms with Crippen LogP contribution in [0.25, 0.3) is 22.2 Å². The van der Waals surface area contributed by atoms with Gasteiger partial charge in [0.25, 0.3) is 0 Å². The predicted octanol–water partition coefficient (Wildman–Crippen LogP) is 1.79. The normalized spacial score (nSPS) is 11.0. The first-order chi connectivity index (χ1) is 8.78. The van der Waals surface area contributed by atoms with Crippen LogP contribution in [0.1, 0.15) is 11.4 Å². The van der Waals surface area contributed by atoms with Gasteiger partial charge in [0.05, 0.1) is 12.7 Å². The first kappa shape index (κ1) is 10.9. The van der Waals surface area contributed by atoms with Crippen molar-refractivity contribution in [2.75, 3.05) is 0 Å². The van der Waals surface area contributed by atoms with Gasteiger partial charge in [0.2, 0.25) is 0 Å². The van der Waals surface area contributed by atoms with Crippen LogP contribution in [0, 0.1) is 6.92 Å². The summed E-state index contributed by atoms with van der Waals surface area (Å²) in [6, 6.07) is 6.26. The first-order valence-corrected chi connectivity index (χ1v) is 5.74. The summed E-state index contributed by atoms with van der Waals surface area (Å²) < 4.78 is 0. The summed E-state index contributed by atoms with van der Waals surface area (Å²) in [5.74, 6) is 0.551. The summed E-state index contributed by atoms with van der Waals surface area (Å²) >= 11 is 0. The molecule has 1 aromatic carbocycles. The van der Waals surface area contributed by atoms with E-state index in [4.69, 9.17) is 5.73 Å². The number of hydrogen-bond acceptors (Lipinski definition) is 4. The largest absolute Gasteiger partial charge is 0.360 e. The van der Waals surface area contributed by atoms with E-state index >= 15 is 0 Å². The minimum Gasteiger partial charge on any atom is -0.360 e. The summed E-state index contributed by atoms with van der Waals surface area (Å²) in [5, 5.41) is 9.27. The molecule has 0 aliphatic heterocycles. The van der Waals surface area contributed by atoms with Crippen molar-refractivity contribution in [3.05, 3.63) is 42.0 Å². The van der Waals surface area contributed by atoms with Gasteiger partial charge in [0.15, 0.2) is 5.82 Å². The lowest BCUT2D eigenvalue weighted by Gasteiger charge is -1.99. The van der Waals surface area contributed by atoms with Crippen molar-refractivity contribution in [1.29, 1.82) is 0 Å². The third-order valence-corrected chi connectivity index (χ3v) is 2.90. The highest BCUT2D eigenvalue weighted by atomic mass is 15.2. The quantitative estimate of drug-likeness (QED) is 0.714. The Labute approximate surface area is 104 Å². The summed E-state index contributed by atoms with van der Waals surface area (Å²) in [6.45, 7) is 2.37. The number of nitrogens with two attached hydrogens (primary N) is 1. The highest BCUT2D eigenvalue weighted by Crippen LogP contribution is 2.27. The van der Waals surface area contributed by atoms with E-state index in [1.54, 1.807) is 6.20 Å². The second-order valence-electron chi connectivity index (χ2n) is 4.22. The maximum absolute atomic E-state index is 5.46. The summed E-state index contributed by atoms with van der Waals surface area (Å²) in [7, 11) is 0. The molecule has 0 unspecified atom stereocenters. The van der Waals surface area contributed by atoms with Crippen molar-refractivity contribution >= 4 is 10.9 Å². The average Bonchev–Trinajstić information content (AvgIpc) is 2.82. The number of aryl methyl sites for hydroxylation is 1. The van der Waals surface area contributed by atoms with Crippen LogP contribution in [-0.4, -0.2) is 20.2 Å². The van der Waals surface area contributed by atoms with Crippen LogP contribution in [0.4, 0.5) is 0 Å². The minimum atomic E-state index is 0.306. The molecule has 0 saturated carbocycles. The fourth-order valence-corrected chi connectivity index (χ4v) is 1.96. The Balaban J connectivity index is 2.15. The smallest absolute Gasteiger partial charge is 0.164 e. The minimum absolute atomic E-state index is 0.306. The zero-order valence-electron chi connectivity index (χ0n) is 10.0. The van der Waals surface area contributed by atoms with Gasteiger partial charge in [-0.05, 0) is 19.1 Å². The number of hydrogen-bond donors (Lipinski definition) is 2. The Morgan fingerprint density at radius 2 is 2.17 bits per heavy atom. The number of benzene rings is 1. The van der Waals surface area contributed by atoms with Gasteiger partial charge in [0.1, 0.15) is 5.69 Å². The number of nitrogens with one attached hydrogen (secondary N) is 1. The third kappa shape index (κ3) is 1.74. The fourth-order valence-electron chi connectivity index (χ4n) is 1.96. The molecule has 0 amide bonds. The van der Waals surface area contributed by atoms with Crippen molar-refractivity contribution in [2.45, 2.75) is 13.5 Å². The lowest BCUT2D eigenvalue weighted by molar-refractivity contribution is 0.835. The van der Waals surface area contributed by atoms with Crippen LogP contribution in [0.5, 0.6) is 0 Å². The number of nitrogens with zero attached hydrogens (tertiary/aromatic N) is 3. The van der Waals surface area contributed by atoms with Crippen LogP contribution < -0.4 is 5.73 Å². The van der Waals surface area contributed by atoms with Gasteiger partial charge in [-0.3, -0.25) is 0 Å². The molecule has 18 heavy (non-hydrogen) atoms. The van der Waals surface area contributed by atoms with E-state index < -0.39 is 0 Å². The molecule has 0 aliphatic carbocycles. The molecule has 0 aliphatic rings. The van der Waals surface area contributed by atoms with Crippen molar-refractivity contribution in [3.8, 4) is 11.3 Å². The Morgan fingerprint density at radius 3 is 2.89 bits per heavy atom. The van der Waals surface area contributed by atoms with Crippen LogP contribution in [0.3, 0.4) is 0 Å². The summed E-state index contributed by atoms with van der Waals surface area (Å²) in [6.07, 6.45) is 3.64. The van der Waals surface area contributed by atoms with Crippen molar-refractivity contribution in [3.63, 3.8) is 0 Å². The highest BCUT2D eigenvalue weighted by molar-refractivity contribution is 5.94. The number of H-pyrrole nitrogens is 1. The molecule has 90 valence electrons. The van der Waals surface area contributed by atoms with Gasteiger partial charge in [-0.2, -0.15) is 0 Å². The molecule has 2 aromatic heterocycles. The monoisotopic (exact) mass is 239 g/mol. The molecule has 3 rings (SSSR count). The second-order valence-corrected chi connectivity index (χ2v) is 4.22. The Kier molecular flexibility index (Phi) is 2.53. The zero-order chi connectivity index (χ0) is 12.5. The lowest BCUT2D eigenvalue weighted by atomic mass is 10.1. The number of rotatable bonds is 2. The standard InChI is InChI=1S/C13H13N5/c1-8-2-3-11-9(4-8)10(6-15-11)12-7-16-13(5-14)18-17-12/h2-4,6-7,15H,5,14H2,1H3. The van der Waals surface area contributed by atoms with E-state index in [2.05, 4.69) is 45.3 Å². The number of aromatic nitrogens is 4. The van der Waals surface area contributed by atoms with Gasteiger partial charge in [0, 0.05) is 22.7 Å². The van der Waals surface area contributed by atoms with Gasteiger partial charge in [-0.1, -0.05) is 11.6 Å². The van der Waals surface area contributed by atoms with Gasteiger partial charge in [-0.25, -0.2) is 4.98 Å². The molecular weight excluding hydrogens is 226 g/mol. The Hall–Kier alpha value is -2.27. The van der Waals surface area contributed by atoms with E-state index in [0.29, 0.717) is 12.4 Å². The van der Waals surface area contributed by atoms with Crippen LogP contribution in [-0.2, 0) is 6.54 Å². The van der Waals surface area contributed by atoms with Gasteiger partial charge in [-0.15, -0.1) is 10.2 Å². The van der Waals surface area contributed by atoms with E-state index in [-0.39, 0.29) is 0 Å². The molecular formula is C13H13N5. The molecule has 0 fully saturated rings. The summed E-state index contributed by atoms with van der Waals surface area (Å²) in [4.78, 5) is 7.39. The summed E-state index contributed by atoms with van der Waals surface area (Å²) in [5.41, 5.74) is 9.52. The Morgan fingerprint density at radius 1 is 1.28 bits per heavy atom. The highest BCUT2D eigenvalue weighted by Gasteiger charge is 2.08. The maximum Gasteiger partial charge on any atom is 0.164 e. The lowest BCUT2D eigenvalue weighted by Crippen LogP contribution is -2.04. The van der Waals surface area contributed by atoms with Crippen molar-refractivity contribution in [2.24, 2.45) is 5.73 Å². The average molecular weight is 239 g/mol. The fraction of sp³-hybridized carbons (Fsp3) is 0.154. The van der Waals surface area contributed by atoms with Gasteiger partial charge >= 0.3 is 0 Å². The van der Waals surface area contributed by atoms with E-state index in [1.165, 1.54) is 5.56 Å². The number of aromatic amines is 1. The molecule has 0 atom stereocenters. The predicted molar refractivity (Wildman–Crippen MR) is 69.7 cm³/mol. The molecule has 0 radical (unpaired) electrons. The topological polar surface area (TPSA) is 80.5 Å². The number of fused-ring (bicyclic) bond motifs is 1. The van der Waals surface area contributed by atoms with Crippen molar-refractivity contribution in [1.82, 2.24) is 20.2 Å². The van der Waals surface area contributed by atoms with Crippen LogP contribution >= 0.6 is 0 Å². The molecule has 2 heterocycles. The van der Waals surface area contributed by atoms with Crippen molar-refractivity contribution < 1.29 is 0 Å². The molecule has 5 heteroatoms. The zero-order valence-corrected chi connectivity index (χ0v) is 10.0. The Bertz CT molecular complexity index is 684. The SMILES string of the molecule is Cc1ccc2[nH]cc(-c3cnc(CN)nn3)c2c1. The molecule has 5 nitrogen and oxygen atoms in total. The molecule has 0 spiro atoms. The molecule has 0 bridgehead atoms. The first-order valence-electron chi connectivity index (χ1n) is 5.74. The molecule has 3 aromatic rings. The maximum atomic E-state index is 5.46. The van der Waals surface area contributed by atoms with E-state index in [1.807, 2.05) is 6.20 Å². The van der Waals surface area contributed by atoms with E-state index in [9.17, 15) is 0 Å². The van der Waals surface area contributed by atoms with E-state index in [0.717, 1.165) is 22.2 Å². The molecule has 3 N–H and O–H groups in total.